The van der Waals surface area contributed by atoms with Crippen molar-refractivity contribution < 1.29 is 23.8 Å². The molecule has 1 amide bonds. The second-order valence-electron chi connectivity index (χ2n) is 7.39. The minimum Gasteiger partial charge on any atom is -0.489 e. The van der Waals surface area contributed by atoms with Gasteiger partial charge in [0.15, 0.2) is 5.17 Å². The highest BCUT2D eigenvalue weighted by Crippen LogP contribution is 2.34. The molecule has 0 aromatic heterocycles. The molecule has 0 spiro atoms. The zero-order valence-electron chi connectivity index (χ0n) is 18.3. The second-order valence-corrected chi connectivity index (χ2v) is 8.40. The van der Waals surface area contributed by atoms with Gasteiger partial charge in [0.2, 0.25) is 0 Å². The summed E-state index contributed by atoms with van der Waals surface area (Å²) in [6.07, 6.45) is 1.79. The van der Waals surface area contributed by atoms with Gasteiger partial charge in [0.25, 0.3) is 5.91 Å². The number of amidine groups is 1. The highest BCUT2D eigenvalue weighted by atomic mass is 32.2. The van der Waals surface area contributed by atoms with E-state index in [2.05, 4.69) is 4.99 Å². The van der Waals surface area contributed by atoms with Crippen LogP contribution in [-0.2, 0) is 11.4 Å². The monoisotopic (exact) mass is 476 g/mol. The predicted molar refractivity (Wildman–Crippen MR) is 131 cm³/mol. The number of nitrogens with zero attached hydrogens (tertiary/aromatic N) is 2. The standard InChI is InChI=1S/C26H21FN2O4S/c1-2-29-24(30)23(34-26(29)28-21-10-8-19(9-11-21)25(31)32)15-17-6-12-22(13-7-17)33-16-18-4-3-5-20(27)14-18/h3-15H,2,16H2,1H3,(H,31,32)/b23-15-,28-26?. The first kappa shape index (κ1) is 23.3. The van der Waals surface area contributed by atoms with Crippen molar-refractivity contribution in [3.05, 3.63) is 100 Å². The third-order valence-corrected chi connectivity index (χ3v) is 6.02. The number of carboxylic acid groups (broad SMARTS) is 1. The Morgan fingerprint density at radius 1 is 1.12 bits per heavy atom. The minimum absolute atomic E-state index is 0.139. The molecule has 1 aliphatic heterocycles. The molecule has 0 unspecified atom stereocenters. The van der Waals surface area contributed by atoms with Gasteiger partial charge >= 0.3 is 5.97 Å². The maximum Gasteiger partial charge on any atom is 0.335 e. The number of thioether (sulfide) groups is 1. The lowest BCUT2D eigenvalue weighted by molar-refractivity contribution is -0.122. The summed E-state index contributed by atoms with van der Waals surface area (Å²) in [4.78, 5) is 30.5. The summed E-state index contributed by atoms with van der Waals surface area (Å²) in [5, 5.41) is 9.58. The zero-order valence-corrected chi connectivity index (χ0v) is 19.1. The Morgan fingerprint density at radius 2 is 1.85 bits per heavy atom. The Kier molecular flexibility index (Phi) is 7.08. The molecule has 0 bridgehead atoms. The summed E-state index contributed by atoms with van der Waals surface area (Å²) in [5.41, 5.74) is 2.32. The summed E-state index contributed by atoms with van der Waals surface area (Å²) in [6, 6.07) is 19.7. The van der Waals surface area contributed by atoms with E-state index in [1.165, 1.54) is 36.0 Å². The van der Waals surface area contributed by atoms with Crippen LogP contribution in [0.4, 0.5) is 10.1 Å². The van der Waals surface area contributed by atoms with Crippen LogP contribution in [0, 0.1) is 5.82 Å². The van der Waals surface area contributed by atoms with Crippen LogP contribution >= 0.6 is 11.8 Å². The van der Waals surface area contributed by atoms with Gasteiger partial charge in [-0.25, -0.2) is 14.2 Å². The molecule has 0 atom stereocenters. The topological polar surface area (TPSA) is 79.2 Å². The zero-order chi connectivity index (χ0) is 24.1. The van der Waals surface area contributed by atoms with Crippen LogP contribution in [0.3, 0.4) is 0 Å². The van der Waals surface area contributed by atoms with Crippen LogP contribution in [-0.4, -0.2) is 33.6 Å². The maximum absolute atomic E-state index is 13.3. The van der Waals surface area contributed by atoms with Gasteiger partial charge in [-0.2, -0.15) is 0 Å². The molecule has 3 aromatic rings. The lowest BCUT2D eigenvalue weighted by Gasteiger charge is -2.12. The quantitative estimate of drug-likeness (QED) is 0.441. The highest BCUT2D eigenvalue weighted by molar-refractivity contribution is 8.18. The molecule has 0 aliphatic carbocycles. The van der Waals surface area contributed by atoms with Crippen LogP contribution < -0.4 is 4.74 Å². The number of ether oxygens (including phenoxy) is 1. The largest absolute Gasteiger partial charge is 0.489 e. The Balaban J connectivity index is 1.46. The molecule has 1 fully saturated rings. The molecular weight excluding hydrogens is 455 g/mol. The average molecular weight is 477 g/mol. The number of carbonyl (C=O) groups excluding carboxylic acids is 1. The van der Waals surface area contributed by atoms with E-state index < -0.39 is 5.97 Å². The summed E-state index contributed by atoms with van der Waals surface area (Å²) in [6.45, 7) is 2.59. The van der Waals surface area contributed by atoms with E-state index in [1.54, 1.807) is 47.4 Å². The third-order valence-electron chi connectivity index (χ3n) is 5.02. The van der Waals surface area contributed by atoms with Crippen molar-refractivity contribution in [2.75, 3.05) is 6.54 Å². The van der Waals surface area contributed by atoms with Gasteiger partial charge < -0.3 is 9.84 Å². The number of likely N-dealkylation sites (N-methyl/N-ethyl adjacent to an activating group) is 1. The second kappa shape index (κ2) is 10.4. The minimum atomic E-state index is -1.00. The first-order chi connectivity index (χ1) is 16.4. The number of hydrogen-bond donors (Lipinski definition) is 1. The Labute approximate surface area is 200 Å². The Hall–Kier alpha value is -3.91. The number of carbonyl (C=O) groups is 2. The number of carboxylic acids is 1. The molecule has 6 nitrogen and oxygen atoms in total. The van der Waals surface area contributed by atoms with Crippen molar-refractivity contribution in [1.82, 2.24) is 4.90 Å². The molecule has 1 heterocycles. The van der Waals surface area contributed by atoms with Gasteiger partial charge in [0.05, 0.1) is 16.2 Å². The lowest BCUT2D eigenvalue weighted by Crippen LogP contribution is -2.28. The summed E-state index contributed by atoms with van der Waals surface area (Å²) in [7, 11) is 0. The first-order valence-electron chi connectivity index (χ1n) is 10.5. The average Bonchev–Trinajstić information content (AvgIpc) is 3.12. The molecule has 0 saturated carbocycles. The van der Waals surface area contributed by atoms with Gasteiger partial charge in [0, 0.05) is 6.54 Å². The SMILES string of the molecule is CCN1C(=O)/C(=C/c2ccc(OCc3cccc(F)c3)cc2)SC1=Nc1ccc(C(=O)O)cc1. The van der Waals surface area contributed by atoms with Crippen molar-refractivity contribution in [1.29, 1.82) is 0 Å². The van der Waals surface area contributed by atoms with E-state index in [1.807, 2.05) is 19.1 Å². The van der Waals surface area contributed by atoms with Gasteiger partial charge in [-0.05, 0) is 84.4 Å². The smallest absolute Gasteiger partial charge is 0.335 e. The molecule has 1 N–H and O–H groups in total. The molecule has 34 heavy (non-hydrogen) atoms. The van der Waals surface area contributed by atoms with Crippen LogP contribution in [0.2, 0.25) is 0 Å². The Bertz CT molecular complexity index is 1270. The fourth-order valence-corrected chi connectivity index (χ4v) is 4.33. The third kappa shape index (κ3) is 5.52. The van der Waals surface area contributed by atoms with Crippen LogP contribution in [0.5, 0.6) is 5.75 Å². The number of benzene rings is 3. The van der Waals surface area contributed by atoms with E-state index in [0.29, 0.717) is 28.1 Å². The van der Waals surface area contributed by atoms with E-state index in [0.717, 1.165) is 11.1 Å². The maximum atomic E-state index is 13.3. The van der Waals surface area contributed by atoms with Crippen LogP contribution in [0.25, 0.3) is 6.08 Å². The van der Waals surface area contributed by atoms with Crippen molar-refractivity contribution in [2.45, 2.75) is 13.5 Å². The molecule has 4 rings (SSSR count). The number of aliphatic imine (C=N–C) groups is 1. The summed E-state index contributed by atoms with van der Waals surface area (Å²) < 4.78 is 19.0. The molecule has 1 aliphatic rings. The van der Waals surface area contributed by atoms with Gasteiger partial charge in [-0.3, -0.25) is 9.69 Å². The van der Waals surface area contributed by atoms with Crippen molar-refractivity contribution in [3.8, 4) is 5.75 Å². The van der Waals surface area contributed by atoms with Gasteiger partial charge in [-0.15, -0.1) is 0 Å². The number of aromatic carboxylic acids is 1. The van der Waals surface area contributed by atoms with Crippen LogP contribution in [0.15, 0.2) is 82.7 Å². The molecule has 3 aromatic carbocycles. The fraction of sp³-hybridized carbons (Fsp3) is 0.115. The van der Waals surface area contributed by atoms with Gasteiger partial charge in [-0.1, -0.05) is 24.3 Å². The van der Waals surface area contributed by atoms with Crippen molar-refractivity contribution in [2.24, 2.45) is 4.99 Å². The number of halogens is 1. The molecule has 8 heteroatoms. The van der Waals surface area contributed by atoms with E-state index in [-0.39, 0.29) is 23.9 Å². The highest BCUT2D eigenvalue weighted by Gasteiger charge is 2.32. The molecular formula is C26H21FN2O4S. The van der Waals surface area contributed by atoms with E-state index in [9.17, 15) is 14.0 Å². The normalized spacial score (nSPS) is 15.8. The van der Waals surface area contributed by atoms with Crippen molar-refractivity contribution in [3.63, 3.8) is 0 Å². The number of amides is 1. The molecule has 1 saturated heterocycles. The fourth-order valence-electron chi connectivity index (χ4n) is 3.26. The molecule has 172 valence electrons. The number of rotatable bonds is 7. The lowest BCUT2D eigenvalue weighted by atomic mass is 10.2. The van der Waals surface area contributed by atoms with Crippen molar-refractivity contribution >= 4 is 40.6 Å². The van der Waals surface area contributed by atoms with E-state index in [4.69, 9.17) is 9.84 Å². The Morgan fingerprint density at radius 3 is 2.50 bits per heavy atom. The van der Waals surface area contributed by atoms with Gasteiger partial charge in [0.1, 0.15) is 18.2 Å². The summed E-state index contributed by atoms with van der Waals surface area (Å²) >= 11 is 1.27. The van der Waals surface area contributed by atoms with Crippen LogP contribution in [0.1, 0.15) is 28.4 Å². The molecule has 0 radical (unpaired) electrons. The van der Waals surface area contributed by atoms with E-state index >= 15 is 0 Å². The number of hydrogen-bond acceptors (Lipinski definition) is 5. The summed E-state index contributed by atoms with van der Waals surface area (Å²) in [5.74, 6) is -0.808. The first-order valence-corrected chi connectivity index (χ1v) is 11.4. The predicted octanol–water partition coefficient (Wildman–Crippen LogP) is 5.73.